The Hall–Kier alpha value is -2.63. The van der Waals surface area contributed by atoms with Crippen molar-refractivity contribution >= 4 is 17.5 Å². The summed E-state index contributed by atoms with van der Waals surface area (Å²) in [7, 11) is 0. The molecule has 0 fully saturated rings. The van der Waals surface area contributed by atoms with Crippen molar-refractivity contribution in [2.75, 3.05) is 0 Å². The minimum absolute atomic E-state index is 0.278. The van der Waals surface area contributed by atoms with E-state index in [-0.39, 0.29) is 5.91 Å². The summed E-state index contributed by atoms with van der Waals surface area (Å²) >= 11 is 5.84. The number of hydroxylamine groups is 1. The number of nitrogens with one attached hydrogen (secondary N) is 1. The lowest BCUT2D eigenvalue weighted by Gasteiger charge is -2.07. The molecule has 3 rings (SSSR count). The average Bonchev–Trinajstić information content (AvgIpc) is 3.01. The van der Waals surface area contributed by atoms with Crippen LogP contribution >= 0.6 is 11.6 Å². The second-order valence-electron chi connectivity index (χ2n) is 5.26. The van der Waals surface area contributed by atoms with Crippen LogP contribution in [0.2, 0.25) is 5.02 Å². The number of hydrogen-bond donors (Lipinski definition) is 1. The predicted molar refractivity (Wildman–Crippen MR) is 91.5 cm³/mol. The Morgan fingerprint density at radius 1 is 1.08 bits per heavy atom. The van der Waals surface area contributed by atoms with E-state index in [1.165, 1.54) is 0 Å². The van der Waals surface area contributed by atoms with E-state index in [4.69, 9.17) is 16.4 Å². The summed E-state index contributed by atoms with van der Waals surface area (Å²) < 4.78 is 1.74. The van der Waals surface area contributed by atoms with Gasteiger partial charge in [0.1, 0.15) is 0 Å². The second-order valence-corrected chi connectivity index (χ2v) is 5.69. The van der Waals surface area contributed by atoms with Gasteiger partial charge in [-0.2, -0.15) is 5.10 Å². The van der Waals surface area contributed by atoms with Crippen LogP contribution < -0.4 is 5.48 Å². The number of rotatable bonds is 6. The van der Waals surface area contributed by atoms with Crippen LogP contribution in [0.15, 0.2) is 67.0 Å². The molecule has 122 valence electrons. The van der Waals surface area contributed by atoms with E-state index < -0.39 is 0 Å². The summed E-state index contributed by atoms with van der Waals surface area (Å²) in [5.74, 6) is -0.278. The highest BCUT2D eigenvalue weighted by molar-refractivity contribution is 6.30. The van der Waals surface area contributed by atoms with Crippen molar-refractivity contribution in [3.63, 3.8) is 0 Å². The van der Waals surface area contributed by atoms with Crippen molar-refractivity contribution in [2.45, 2.75) is 13.2 Å². The number of carbonyl (C=O) groups excluding carboxylic acids is 1. The molecule has 6 heteroatoms. The van der Waals surface area contributed by atoms with Gasteiger partial charge < -0.3 is 0 Å². The van der Waals surface area contributed by atoms with E-state index in [1.807, 2.05) is 42.5 Å². The normalized spacial score (nSPS) is 10.5. The highest BCUT2D eigenvalue weighted by atomic mass is 35.5. The Morgan fingerprint density at radius 2 is 1.83 bits per heavy atom. The van der Waals surface area contributed by atoms with Crippen LogP contribution in [0.25, 0.3) is 0 Å². The Balaban J connectivity index is 1.52. The van der Waals surface area contributed by atoms with Crippen LogP contribution in [0.4, 0.5) is 0 Å². The van der Waals surface area contributed by atoms with Gasteiger partial charge in [-0.25, -0.2) is 5.48 Å². The summed E-state index contributed by atoms with van der Waals surface area (Å²) in [6, 6.07) is 16.9. The van der Waals surface area contributed by atoms with Crippen LogP contribution in [0.1, 0.15) is 21.5 Å². The first-order valence-corrected chi connectivity index (χ1v) is 7.81. The first kappa shape index (κ1) is 16.2. The van der Waals surface area contributed by atoms with Gasteiger partial charge in [0.05, 0.1) is 24.4 Å². The van der Waals surface area contributed by atoms with Crippen molar-refractivity contribution < 1.29 is 9.63 Å². The van der Waals surface area contributed by atoms with Gasteiger partial charge in [0.25, 0.3) is 5.91 Å². The number of amides is 1. The Morgan fingerprint density at radius 3 is 2.50 bits per heavy atom. The molecular weight excluding hydrogens is 326 g/mol. The highest BCUT2D eigenvalue weighted by Crippen LogP contribution is 2.09. The van der Waals surface area contributed by atoms with Gasteiger partial charge in [-0.05, 0) is 23.3 Å². The van der Waals surface area contributed by atoms with Gasteiger partial charge in [-0.1, -0.05) is 54.1 Å². The highest BCUT2D eigenvalue weighted by Gasteiger charge is 2.06. The van der Waals surface area contributed by atoms with Crippen molar-refractivity contribution in [1.29, 1.82) is 0 Å². The van der Waals surface area contributed by atoms with Crippen molar-refractivity contribution in [2.24, 2.45) is 0 Å². The summed E-state index contributed by atoms with van der Waals surface area (Å²) in [6.07, 6.45) is 3.34. The van der Waals surface area contributed by atoms with Crippen LogP contribution in [-0.4, -0.2) is 15.7 Å². The van der Waals surface area contributed by atoms with E-state index in [9.17, 15) is 4.79 Å². The molecule has 0 saturated carbocycles. The lowest BCUT2D eigenvalue weighted by Crippen LogP contribution is -2.23. The molecule has 1 N–H and O–H groups in total. The smallest absolute Gasteiger partial charge is 0.269 e. The second kappa shape index (κ2) is 7.77. The summed E-state index contributed by atoms with van der Waals surface area (Å²) in [5.41, 5.74) is 4.99. The Labute approximate surface area is 144 Å². The molecule has 1 heterocycles. The van der Waals surface area contributed by atoms with Gasteiger partial charge in [-0.15, -0.1) is 0 Å². The van der Waals surface area contributed by atoms with Crippen molar-refractivity contribution in [1.82, 2.24) is 15.3 Å². The molecule has 0 atom stereocenters. The maximum atomic E-state index is 12.0. The quantitative estimate of drug-likeness (QED) is 0.699. The van der Waals surface area contributed by atoms with Gasteiger partial charge in [0.15, 0.2) is 0 Å². The van der Waals surface area contributed by atoms with Gasteiger partial charge in [-0.3, -0.25) is 14.3 Å². The van der Waals surface area contributed by atoms with E-state index in [0.29, 0.717) is 23.7 Å². The fourth-order valence-corrected chi connectivity index (χ4v) is 2.35. The summed E-state index contributed by atoms with van der Waals surface area (Å²) in [5, 5.41) is 4.72. The zero-order valence-corrected chi connectivity index (χ0v) is 13.6. The average molecular weight is 342 g/mol. The number of hydrogen-bond acceptors (Lipinski definition) is 3. The van der Waals surface area contributed by atoms with Gasteiger partial charge >= 0.3 is 0 Å². The lowest BCUT2D eigenvalue weighted by atomic mass is 10.1. The van der Waals surface area contributed by atoms with E-state index in [1.54, 1.807) is 29.2 Å². The zero-order chi connectivity index (χ0) is 16.8. The number of halogens is 1. The molecule has 0 aliphatic carbocycles. The van der Waals surface area contributed by atoms with E-state index in [2.05, 4.69) is 10.6 Å². The predicted octanol–water partition coefficient (Wildman–Crippen LogP) is 3.45. The fourth-order valence-electron chi connectivity index (χ4n) is 2.19. The van der Waals surface area contributed by atoms with Gasteiger partial charge in [0.2, 0.25) is 0 Å². The monoisotopic (exact) mass is 341 g/mol. The molecule has 0 spiro atoms. The molecule has 0 radical (unpaired) electrons. The third-order valence-electron chi connectivity index (χ3n) is 3.41. The third-order valence-corrected chi connectivity index (χ3v) is 3.60. The lowest BCUT2D eigenvalue weighted by molar-refractivity contribution is 0.0233. The van der Waals surface area contributed by atoms with Crippen LogP contribution in [0, 0.1) is 0 Å². The number of aromatic nitrogens is 2. The molecule has 0 bridgehead atoms. The fraction of sp³-hybridized carbons (Fsp3) is 0.111. The van der Waals surface area contributed by atoms with Crippen LogP contribution in [0.3, 0.4) is 0 Å². The zero-order valence-electron chi connectivity index (χ0n) is 12.9. The summed E-state index contributed by atoms with van der Waals surface area (Å²) in [6.45, 7) is 0.920. The van der Waals surface area contributed by atoms with Crippen molar-refractivity contribution in [3.05, 3.63) is 88.7 Å². The molecule has 3 aromatic rings. The molecule has 5 nitrogen and oxygen atoms in total. The molecule has 1 aromatic heterocycles. The molecule has 0 unspecified atom stereocenters. The first-order chi connectivity index (χ1) is 11.7. The molecule has 24 heavy (non-hydrogen) atoms. The third kappa shape index (κ3) is 4.44. The van der Waals surface area contributed by atoms with Crippen LogP contribution in [0.5, 0.6) is 0 Å². The van der Waals surface area contributed by atoms with E-state index in [0.717, 1.165) is 11.1 Å². The number of nitrogens with zero attached hydrogens (tertiary/aromatic N) is 2. The minimum atomic E-state index is -0.278. The molecule has 0 aliphatic heterocycles. The maximum absolute atomic E-state index is 12.0. The largest absolute Gasteiger partial charge is 0.274 e. The summed E-state index contributed by atoms with van der Waals surface area (Å²) in [4.78, 5) is 17.3. The topological polar surface area (TPSA) is 56.1 Å². The molecule has 2 aromatic carbocycles. The number of carbonyl (C=O) groups is 1. The minimum Gasteiger partial charge on any atom is -0.269 e. The maximum Gasteiger partial charge on any atom is 0.274 e. The molecule has 0 aliphatic rings. The van der Waals surface area contributed by atoms with Crippen molar-refractivity contribution in [3.8, 4) is 0 Å². The number of benzene rings is 2. The van der Waals surface area contributed by atoms with Gasteiger partial charge in [0, 0.05) is 11.8 Å². The Kier molecular flexibility index (Phi) is 5.25. The molecule has 1 amide bonds. The molecule has 0 saturated heterocycles. The SMILES string of the molecule is O=C(NOCc1ccccc1)c1ccc(Cn2cc(Cl)cn2)cc1. The Bertz CT molecular complexity index is 801. The molecular formula is C18H16ClN3O2. The first-order valence-electron chi connectivity index (χ1n) is 7.44. The van der Waals surface area contributed by atoms with Crippen LogP contribution in [-0.2, 0) is 18.0 Å². The standard InChI is InChI=1S/C18H16ClN3O2/c19-17-10-20-22(12-17)11-14-6-8-16(9-7-14)18(23)21-24-13-15-4-2-1-3-5-15/h1-10,12H,11,13H2,(H,21,23). The van der Waals surface area contributed by atoms with E-state index >= 15 is 0 Å².